The molecule has 1 fully saturated rings. The van der Waals surface area contributed by atoms with Crippen molar-refractivity contribution in [1.82, 2.24) is 14.7 Å². The maximum atomic E-state index is 13.4. The molecule has 1 aliphatic heterocycles. The van der Waals surface area contributed by atoms with Gasteiger partial charge in [0, 0.05) is 23.7 Å². The van der Waals surface area contributed by atoms with Gasteiger partial charge in [-0.15, -0.1) is 0 Å². The van der Waals surface area contributed by atoms with E-state index in [1.807, 2.05) is 0 Å². The summed E-state index contributed by atoms with van der Waals surface area (Å²) in [6.07, 6.45) is 1.12. The molecule has 1 amide bonds. The molecule has 3 aromatic rings. The van der Waals surface area contributed by atoms with Gasteiger partial charge >= 0.3 is 5.97 Å². The summed E-state index contributed by atoms with van der Waals surface area (Å²) in [6.45, 7) is 3.05. The van der Waals surface area contributed by atoms with Crippen LogP contribution in [0.2, 0.25) is 5.02 Å². The first-order chi connectivity index (χ1) is 15.5. The largest absolute Gasteiger partial charge is 0.466 e. The van der Waals surface area contributed by atoms with E-state index in [1.54, 1.807) is 59.0 Å². The Bertz CT molecular complexity index is 1100. The van der Waals surface area contributed by atoms with Crippen molar-refractivity contribution in [3.8, 4) is 16.9 Å². The van der Waals surface area contributed by atoms with E-state index in [2.05, 4.69) is 5.10 Å². The van der Waals surface area contributed by atoms with Crippen LogP contribution in [0.5, 0.6) is 0 Å². The summed E-state index contributed by atoms with van der Waals surface area (Å²) >= 11 is 6.02. The fourth-order valence-corrected chi connectivity index (χ4v) is 3.94. The van der Waals surface area contributed by atoms with Crippen molar-refractivity contribution in [1.29, 1.82) is 0 Å². The zero-order valence-electron chi connectivity index (χ0n) is 17.6. The SMILES string of the molecule is CCOC(=O)C1CCN(C(=O)c2cc(-c3ccc(F)cc3)nn2-c2ccc(Cl)cc2)CC1. The van der Waals surface area contributed by atoms with Gasteiger partial charge in [-0.3, -0.25) is 9.59 Å². The van der Waals surface area contributed by atoms with Crippen molar-refractivity contribution >= 4 is 23.5 Å². The van der Waals surface area contributed by atoms with Crippen molar-refractivity contribution in [2.45, 2.75) is 19.8 Å². The minimum Gasteiger partial charge on any atom is -0.466 e. The van der Waals surface area contributed by atoms with Gasteiger partial charge in [0.05, 0.1) is 23.9 Å². The molecule has 0 aliphatic carbocycles. The van der Waals surface area contributed by atoms with E-state index in [9.17, 15) is 14.0 Å². The number of benzene rings is 2. The topological polar surface area (TPSA) is 64.4 Å². The first kappa shape index (κ1) is 22.0. The van der Waals surface area contributed by atoms with Gasteiger partial charge in [-0.2, -0.15) is 5.10 Å². The molecular formula is C24H23ClFN3O3. The predicted molar refractivity (Wildman–Crippen MR) is 119 cm³/mol. The molecule has 4 rings (SSSR count). The Balaban J connectivity index is 1.63. The number of amides is 1. The van der Waals surface area contributed by atoms with Gasteiger partial charge in [0.1, 0.15) is 11.5 Å². The van der Waals surface area contributed by atoms with E-state index in [0.29, 0.717) is 60.2 Å². The van der Waals surface area contributed by atoms with Gasteiger partial charge < -0.3 is 9.64 Å². The predicted octanol–water partition coefficient (Wildman–Crippen LogP) is 4.75. The molecule has 1 aromatic heterocycles. The van der Waals surface area contributed by atoms with Crippen LogP contribution < -0.4 is 0 Å². The third kappa shape index (κ3) is 4.67. The molecule has 0 radical (unpaired) electrons. The Kier molecular flexibility index (Phi) is 6.55. The molecule has 0 unspecified atom stereocenters. The van der Waals surface area contributed by atoms with Crippen LogP contribution in [0.15, 0.2) is 54.6 Å². The number of carbonyl (C=O) groups excluding carboxylic acids is 2. The monoisotopic (exact) mass is 455 g/mol. The summed E-state index contributed by atoms with van der Waals surface area (Å²) in [7, 11) is 0. The first-order valence-electron chi connectivity index (χ1n) is 10.5. The van der Waals surface area contributed by atoms with Crippen molar-refractivity contribution in [3.63, 3.8) is 0 Å². The van der Waals surface area contributed by atoms with Crippen LogP contribution in [0.1, 0.15) is 30.3 Å². The number of rotatable bonds is 5. The number of ether oxygens (including phenoxy) is 1. The average molecular weight is 456 g/mol. The number of hydrogen-bond acceptors (Lipinski definition) is 4. The zero-order valence-corrected chi connectivity index (χ0v) is 18.4. The Morgan fingerprint density at radius 3 is 2.38 bits per heavy atom. The standard InChI is InChI=1S/C24H23ClFN3O3/c1-2-32-24(31)17-11-13-28(14-12-17)23(30)22-15-21(16-3-7-19(26)8-4-16)27-29(22)20-9-5-18(25)6-10-20/h3-10,15,17H,2,11-14H2,1H3. The summed E-state index contributed by atoms with van der Waals surface area (Å²) in [6, 6.07) is 14.7. The number of hydrogen-bond donors (Lipinski definition) is 0. The summed E-state index contributed by atoms with van der Waals surface area (Å²) in [5.41, 5.74) is 2.34. The highest BCUT2D eigenvalue weighted by atomic mass is 35.5. The molecule has 0 spiro atoms. The Hall–Kier alpha value is -3.19. The second-order valence-electron chi connectivity index (χ2n) is 7.63. The number of piperidine rings is 1. The number of likely N-dealkylation sites (tertiary alicyclic amines) is 1. The zero-order chi connectivity index (χ0) is 22.7. The smallest absolute Gasteiger partial charge is 0.309 e. The average Bonchev–Trinajstić information content (AvgIpc) is 3.25. The lowest BCUT2D eigenvalue weighted by Gasteiger charge is -2.30. The van der Waals surface area contributed by atoms with Gasteiger partial charge in [0.2, 0.25) is 0 Å². The molecular weight excluding hydrogens is 433 g/mol. The number of halogens is 2. The Labute approximate surface area is 190 Å². The molecule has 2 aromatic carbocycles. The second-order valence-corrected chi connectivity index (χ2v) is 8.06. The maximum Gasteiger partial charge on any atom is 0.309 e. The fourth-order valence-electron chi connectivity index (χ4n) is 3.81. The van der Waals surface area contributed by atoms with Gasteiger partial charge in [0.25, 0.3) is 5.91 Å². The maximum absolute atomic E-state index is 13.4. The van der Waals surface area contributed by atoms with Crippen molar-refractivity contribution < 1.29 is 18.7 Å². The summed E-state index contributed by atoms with van der Waals surface area (Å²) in [5, 5.41) is 5.20. The third-order valence-electron chi connectivity index (χ3n) is 5.54. The highest BCUT2D eigenvalue weighted by Crippen LogP contribution is 2.26. The molecule has 166 valence electrons. The highest BCUT2D eigenvalue weighted by molar-refractivity contribution is 6.30. The number of nitrogens with zero attached hydrogens (tertiary/aromatic N) is 3. The van der Waals surface area contributed by atoms with E-state index >= 15 is 0 Å². The van der Waals surface area contributed by atoms with Gasteiger partial charge in [-0.05, 0) is 74.4 Å². The molecule has 0 bridgehead atoms. The molecule has 8 heteroatoms. The van der Waals surface area contributed by atoms with E-state index < -0.39 is 0 Å². The molecule has 1 saturated heterocycles. The summed E-state index contributed by atoms with van der Waals surface area (Å²) in [4.78, 5) is 27.2. The lowest BCUT2D eigenvalue weighted by atomic mass is 9.97. The van der Waals surface area contributed by atoms with Crippen molar-refractivity contribution in [2.24, 2.45) is 5.92 Å². The molecule has 0 atom stereocenters. The van der Waals surface area contributed by atoms with Crippen molar-refractivity contribution in [2.75, 3.05) is 19.7 Å². The molecule has 0 N–H and O–H groups in total. The summed E-state index contributed by atoms with van der Waals surface area (Å²) < 4.78 is 20.1. The van der Waals surface area contributed by atoms with Crippen LogP contribution >= 0.6 is 11.6 Å². The van der Waals surface area contributed by atoms with E-state index in [1.165, 1.54) is 12.1 Å². The summed E-state index contributed by atoms with van der Waals surface area (Å²) in [5.74, 6) is -0.908. The van der Waals surface area contributed by atoms with Crippen LogP contribution in [0.3, 0.4) is 0 Å². The van der Waals surface area contributed by atoms with Crippen molar-refractivity contribution in [3.05, 3.63) is 71.1 Å². The lowest BCUT2D eigenvalue weighted by Crippen LogP contribution is -2.41. The van der Waals surface area contributed by atoms with Crippen LogP contribution in [0, 0.1) is 11.7 Å². The number of esters is 1. The first-order valence-corrected chi connectivity index (χ1v) is 10.9. The highest BCUT2D eigenvalue weighted by Gasteiger charge is 2.30. The third-order valence-corrected chi connectivity index (χ3v) is 5.79. The van der Waals surface area contributed by atoms with Crippen LogP contribution in [0.4, 0.5) is 4.39 Å². The minimum atomic E-state index is -0.341. The number of carbonyl (C=O) groups is 2. The van der Waals surface area contributed by atoms with Crippen LogP contribution in [-0.2, 0) is 9.53 Å². The molecule has 2 heterocycles. The normalized spacial score (nSPS) is 14.4. The quantitative estimate of drug-likeness (QED) is 0.521. The van der Waals surface area contributed by atoms with Crippen LogP contribution in [0.25, 0.3) is 16.9 Å². The lowest BCUT2D eigenvalue weighted by molar-refractivity contribution is -0.149. The van der Waals surface area contributed by atoms with E-state index in [0.717, 1.165) is 0 Å². The van der Waals surface area contributed by atoms with Gasteiger partial charge in [-0.1, -0.05) is 11.6 Å². The van der Waals surface area contributed by atoms with Gasteiger partial charge in [0.15, 0.2) is 0 Å². The van der Waals surface area contributed by atoms with Gasteiger partial charge in [-0.25, -0.2) is 9.07 Å². The molecule has 6 nitrogen and oxygen atoms in total. The fraction of sp³-hybridized carbons (Fsp3) is 0.292. The van der Waals surface area contributed by atoms with E-state index in [-0.39, 0.29) is 23.6 Å². The minimum absolute atomic E-state index is 0.178. The van der Waals surface area contributed by atoms with Crippen LogP contribution in [-0.4, -0.2) is 46.3 Å². The Morgan fingerprint density at radius 1 is 1.09 bits per heavy atom. The molecule has 0 saturated carbocycles. The molecule has 32 heavy (non-hydrogen) atoms. The second kappa shape index (κ2) is 9.53. The molecule has 1 aliphatic rings. The number of aromatic nitrogens is 2. The van der Waals surface area contributed by atoms with E-state index in [4.69, 9.17) is 16.3 Å². The Morgan fingerprint density at radius 2 is 1.75 bits per heavy atom.